The van der Waals surface area contributed by atoms with Crippen molar-refractivity contribution < 1.29 is 9.15 Å². The Morgan fingerprint density at radius 3 is 2.79 bits per heavy atom. The summed E-state index contributed by atoms with van der Waals surface area (Å²) in [6.07, 6.45) is 0. The fourth-order valence-corrected chi connectivity index (χ4v) is 2.84. The van der Waals surface area contributed by atoms with Crippen LogP contribution in [-0.2, 0) is 0 Å². The smallest absolute Gasteiger partial charge is 0.298 e. The lowest BCUT2D eigenvalue weighted by Crippen LogP contribution is -2.24. The maximum atomic E-state index is 6.01. The topological polar surface area (TPSA) is 54.3 Å². The lowest BCUT2D eigenvalue weighted by Gasteiger charge is -2.15. The zero-order chi connectivity index (χ0) is 16.5. The molecule has 5 nitrogen and oxygen atoms in total. The van der Waals surface area contributed by atoms with Crippen molar-refractivity contribution >= 4 is 28.0 Å². The van der Waals surface area contributed by atoms with Crippen molar-refractivity contribution in [2.24, 2.45) is 0 Å². The summed E-state index contributed by atoms with van der Waals surface area (Å²) in [7, 11) is 1.95. The highest BCUT2D eigenvalue weighted by Crippen LogP contribution is 2.29. The molecule has 0 aliphatic heterocycles. The van der Waals surface area contributed by atoms with Gasteiger partial charge in [-0.25, -0.2) is 0 Å². The van der Waals surface area contributed by atoms with E-state index >= 15 is 0 Å². The summed E-state index contributed by atoms with van der Waals surface area (Å²) in [4.78, 5) is 9.80. The molecule has 0 amide bonds. The number of rotatable bonds is 5. The van der Waals surface area contributed by atoms with Gasteiger partial charge in [0.1, 0.15) is 17.9 Å². The zero-order valence-corrected chi connectivity index (χ0v) is 13.7. The molecular weight excluding hydrogens is 302 g/mol. The average Bonchev–Trinajstić information content (AvgIpc) is 3.16. The molecule has 24 heavy (non-hydrogen) atoms. The number of nitrogens with one attached hydrogen (secondary N) is 1. The Balaban J connectivity index is 1.45. The van der Waals surface area contributed by atoms with Crippen LogP contribution >= 0.6 is 0 Å². The van der Waals surface area contributed by atoms with E-state index in [1.54, 1.807) is 0 Å². The summed E-state index contributed by atoms with van der Waals surface area (Å²) in [6.45, 7) is 3.27. The van der Waals surface area contributed by atoms with Crippen LogP contribution in [0, 0.1) is 6.92 Å². The number of aromatic amines is 1. The van der Waals surface area contributed by atoms with E-state index in [9.17, 15) is 0 Å². The van der Waals surface area contributed by atoms with Crippen molar-refractivity contribution in [3.63, 3.8) is 0 Å². The largest absolute Gasteiger partial charge is 0.489 e. The van der Waals surface area contributed by atoms with Gasteiger partial charge >= 0.3 is 0 Å². The monoisotopic (exact) mass is 321 g/mol. The highest BCUT2D eigenvalue weighted by atomic mass is 16.5. The molecule has 0 bridgehead atoms. The van der Waals surface area contributed by atoms with E-state index in [4.69, 9.17) is 9.15 Å². The summed E-state index contributed by atoms with van der Waals surface area (Å²) in [6, 6.07) is 16.5. The second kappa shape index (κ2) is 5.92. The highest BCUT2D eigenvalue weighted by molar-refractivity contribution is 5.87. The molecule has 0 aliphatic rings. The predicted octanol–water partition coefficient (Wildman–Crippen LogP) is 4.13. The van der Waals surface area contributed by atoms with E-state index in [1.165, 1.54) is 0 Å². The minimum atomic E-state index is 0.553. The van der Waals surface area contributed by atoms with Gasteiger partial charge in [0.15, 0.2) is 5.58 Å². The van der Waals surface area contributed by atoms with Crippen LogP contribution in [0.1, 0.15) is 5.69 Å². The van der Waals surface area contributed by atoms with Crippen LogP contribution in [0.2, 0.25) is 0 Å². The third-order valence-corrected chi connectivity index (χ3v) is 4.12. The molecule has 2 aromatic heterocycles. The summed E-state index contributed by atoms with van der Waals surface area (Å²) >= 11 is 0. The van der Waals surface area contributed by atoms with Crippen LogP contribution in [0.25, 0.3) is 22.0 Å². The fourth-order valence-electron chi connectivity index (χ4n) is 2.84. The first-order chi connectivity index (χ1) is 11.7. The molecule has 0 spiro atoms. The van der Waals surface area contributed by atoms with Gasteiger partial charge in [0.2, 0.25) is 0 Å². The first-order valence-electron chi connectivity index (χ1n) is 7.99. The number of hydrogen-bond acceptors (Lipinski definition) is 4. The van der Waals surface area contributed by atoms with Crippen molar-refractivity contribution in [3.05, 3.63) is 54.2 Å². The molecule has 0 atom stereocenters. The van der Waals surface area contributed by atoms with Gasteiger partial charge in [-0.15, -0.1) is 0 Å². The van der Waals surface area contributed by atoms with Crippen LogP contribution < -0.4 is 9.64 Å². The van der Waals surface area contributed by atoms with Crippen molar-refractivity contribution in [1.82, 2.24) is 9.97 Å². The Labute approximate surface area is 139 Å². The molecule has 5 heteroatoms. The Kier molecular flexibility index (Phi) is 3.61. The minimum absolute atomic E-state index is 0.553. The molecule has 0 saturated heterocycles. The van der Waals surface area contributed by atoms with Gasteiger partial charge in [0.25, 0.3) is 6.01 Å². The third kappa shape index (κ3) is 2.58. The van der Waals surface area contributed by atoms with Gasteiger partial charge in [-0.1, -0.05) is 24.3 Å². The number of fused-ring (bicyclic) bond motifs is 2. The lowest BCUT2D eigenvalue weighted by atomic mass is 10.2. The summed E-state index contributed by atoms with van der Waals surface area (Å²) in [5, 5.41) is 1.11. The number of ether oxygens (including phenoxy) is 1. The SMILES string of the molecule is Cc1[nH]c2ccccc2c1OCCN(C)c1nc2ccccc2o1. The molecule has 1 N–H and O–H groups in total. The molecule has 2 heterocycles. The van der Waals surface area contributed by atoms with E-state index in [0.717, 1.165) is 33.4 Å². The molecule has 0 saturated carbocycles. The number of para-hydroxylation sites is 3. The van der Waals surface area contributed by atoms with Crippen LogP contribution in [0.15, 0.2) is 52.9 Å². The Hall–Kier alpha value is -2.95. The average molecular weight is 321 g/mol. The standard InChI is InChI=1S/C19H19N3O2/c1-13-18(14-7-3-4-8-15(14)20-13)23-12-11-22(2)19-21-16-9-5-6-10-17(16)24-19/h3-10,20H,11-12H2,1-2H3. The minimum Gasteiger partial charge on any atom is -0.489 e. The fraction of sp³-hybridized carbons (Fsp3) is 0.211. The maximum absolute atomic E-state index is 6.01. The van der Waals surface area contributed by atoms with E-state index in [0.29, 0.717) is 19.2 Å². The first kappa shape index (κ1) is 14.6. The normalized spacial score (nSPS) is 11.2. The predicted molar refractivity (Wildman–Crippen MR) is 95.8 cm³/mol. The summed E-state index contributed by atoms with van der Waals surface area (Å²) in [5.74, 6) is 0.913. The van der Waals surface area contributed by atoms with E-state index in [2.05, 4.69) is 22.1 Å². The number of aryl methyl sites for hydroxylation is 1. The van der Waals surface area contributed by atoms with Gasteiger partial charge in [-0.05, 0) is 31.2 Å². The molecule has 4 aromatic rings. The van der Waals surface area contributed by atoms with Crippen LogP contribution in [0.4, 0.5) is 6.01 Å². The Morgan fingerprint density at radius 1 is 1.12 bits per heavy atom. The second-order valence-corrected chi connectivity index (χ2v) is 5.86. The van der Waals surface area contributed by atoms with Gasteiger partial charge in [-0.3, -0.25) is 0 Å². The Morgan fingerprint density at radius 2 is 1.92 bits per heavy atom. The van der Waals surface area contributed by atoms with Gasteiger partial charge in [0.05, 0.1) is 12.2 Å². The van der Waals surface area contributed by atoms with Gasteiger partial charge in [-0.2, -0.15) is 4.98 Å². The van der Waals surface area contributed by atoms with Crippen LogP contribution in [0.3, 0.4) is 0 Å². The third-order valence-electron chi connectivity index (χ3n) is 4.12. The molecule has 0 radical (unpaired) electrons. The number of nitrogens with zero attached hydrogens (tertiary/aromatic N) is 2. The first-order valence-corrected chi connectivity index (χ1v) is 7.99. The number of oxazole rings is 1. The van der Waals surface area contributed by atoms with E-state index in [1.807, 2.05) is 55.3 Å². The van der Waals surface area contributed by atoms with Gasteiger partial charge < -0.3 is 19.0 Å². The number of aromatic nitrogens is 2. The van der Waals surface area contributed by atoms with Crippen molar-refractivity contribution in [3.8, 4) is 5.75 Å². The molecule has 0 fully saturated rings. The second-order valence-electron chi connectivity index (χ2n) is 5.86. The van der Waals surface area contributed by atoms with Crippen molar-refractivity contribution in [2.45, 2.75) is 6.92 Å². The molecule has 0 aliphatic carbocycles. The van der Waals surface area contributed by atoms with Crippen molar-refractivity contribution in [2.75, 3.05) is 25.1 Å². The zero-order valence-electron chi connectivity index (χ0n) is 13.7. The number of anilines is 1. The molecule has 0 unspecified atom stereocenters. The van der Waals surface area contributed by atoms with Crippen molar-refractivity contribution in [1.29, 1.82) is 0 Å². The molecule has 122 valence electrons. The quantitative estimate of drug-likeness (QED) is 0.600. The number of likely N-dealkylation sites (N-methyl/N-ethyl adjacent to an activating group) is 1. The van der Waals surface area contributed by atoms with E-state index in [-0.39, 0.29) is 0 Å². The highest BCUT2D eigenvalue weighted by Gasteiger charge is 2.12. The lowest BCUT2D eigenvalue weighted by molar-refractivity contribution is 0.325. The van der Waals surface area contributed by atoms with Crippen LogP contribution in [0.5, 0.6) is 5.75 Å². The summed E-state index contributed by atoms with van der Waals surface area (Å²) < 4.78 is 11.8. The molecule has 2 aromatic carbocycles. The number of benzene rings is 2. The number of H-pyrrole nitrogens is 1. The van der Waals surface area contributed by atoms with E-state index < -0.39 is 0 Å². The molecular formula is C19H19N3O2. The maximum Gasteiger partial charge on any atom is 0.298 e. The number of hydrogen-bond donors (Lipinski definition) is 1. The Bertz CT molecular complexity index is 954. The molecule has 4 rings (SSSR count). The summed E-state index contributed by atoms with van der Waals surface area (Å²) in [5.41, 5.74) is 3.80. The van der Waals surface area contributed by atoms with Crippen LogP contribution in [-0.4, -0.2) is 30.2 Å². The van der Waals surface area contributed by atoms with Gasteiger partial charge in [0, 0.05) is 18.0 Å².